The molecule has 3 aromatic rings. The van der Waals surface area contributed by atoms with Gasteiger partial charge in [-0.15, -0.1) is 0 Å². The average molecular weight is 372 g/mol. The lowest BCUT2D eigenvalue weighted by Gasteiger charge is -2.17. The number of aromatic nitrogens is 2. The molecule has 134 valence electrons. The Hall–Kier alpha value is -2.66. The fourth-order valence-electron chi connectivity index (χ4n) is 2.83. The van der Waals surface area contributed by atoms with Gasteiger partial charge in [0.2, 0.25) is 0 Å². The van der Waals surface area contributed by atoms with Crippen LogP contribution < -0.4 is 5.32 Å². The number of hydrogen-bond donors (Lipinski definition) is 1. The summed E-state index contributed by atoms with van der Waals surface area (Å²) >= 11 is 5.93. The number of halogens is 2. The lowest BCUT2D eigenvalue weighted by atomic mass is 10.0. The van der Waals surface area contributed by atoms with Crippen LogP contribution in [0.3, 0.4) is 0 Å². The largest absolute Gasteiger partial charge is 0.345 e. The predicted molar refractivity (Wildman–Crippen MR) is 100 cm³/mol. The summed E-state index contributed by atoms with van der Waals surface area (Å²) in [7, 11) is 0. The van der Waals surface area contributed by atoms with Crippen LogP contribution in [0.15, 0.2) is 54.7 Å². The number of rotatable bonds is 5. The minimum absolute atomic E-state index is 0.117. The summed E-state index contributed by atoms with van der Waals surface area (Å²) in [6, 6.07) is 13.3. The third kappa shape index (κ3) is 3.78. The van der Waals surface area contributed by atoms with Gasteiger partial charge in [-0.05, 0) is 55.3 Å². The number of nitrogens with zero attached hydrogens (tertiary/aromatic N) is 2. The Balaban J connectivity index is 1.81. The highest BCUT2D eigenvalue weighted by atomic mass is 35.5. The minimum Gasteiger partial charge on any atom is -0.345 e. The van der Waals surface area contributed by atoms with Gasteiger partial charge in [-0.2, -0.15) is 5.10 Å². The van der Waals surface area contributed by atoms with E-state index in [1.54, 1.807) is 16.8 Å². The van der Waals surface area contributed by atoms with Crippen molar-refractivity contribution in [3.05, 3.63) is 82.4 Å². The molecule has 26 heavy (non-hydrogen) atoms. The molecule has 1 heterocycles. The zero-order valence-corrected chi connectivity index (χ0v) is 15.3. The van der Waals surface area contributed by atoms with E-state index < -0.39 is 0 Å². The normalized spacial score (nSPS) is 12.0. The van der Waals surface area contributed by atoms with E-state index in [1.807, 2.05) is 38.1 Å². The smallest absolute Gasteiger partial charge is 0.255 e. The Morgan fingerprint density at radius 2 is 1.85 bits per heavy atom. The van der Waals surface area contributed by atoms with Crippen molar-refractivity contribution in [2.24, 2.45) is 0 Å². The van der Waals surface area contributed by atoms with Crippen molar-refractivity contribution in [3.63, 3.8) is 0 Å². The standard InChI is InChI=1S/C20H19ClFN3O/c1-3-19(14-4-6-15(21)7-5-14)24-20(26)18-12-23-25(13(18)2)17-10-8-16(22)9-11-17/h4-12,19H,3H2,1-2H3,(H,24,26). The first kappa shape index (κ1) is 18.1. The third-order valence-corrected chi connectivity index (χ3v) is 4.56. The molecule has 0 radical (unpaired) electrons. The second-order valence-corrected chi connectivity index (χ2v) is 6.45. The van der Waals surface area contributed by atoms with Crippen LogP contribution in [-0.4, -0.2) is 15.7 Å². The van der Waals surface area contributed by atoms with Crippen LogP contribution in [0.2, 0.25) is 5.02 Å². The van der Waals surface area contributed by atoms with E-state index in [4.69, 9.17) is 11.6 Å². The van der Waals surface area contributed by atoms with E-state index in [9.17, 15) is 9.18 Å². The molecule has 0 saturated carbocycles. The number of benzene rings is 2. The summed E-state index contributed by atoms with van der Waals surface area (Å²) in [5.74, 6) is -0.511. The molecule has 0 bridgehead atoms. The van der Waals surface area contributed by atoms with Crippen LogP contribution in [0, 0.1) is 12.7 Å². The Morgan fingerprint density at radius 3 is 2.46 bits per heavy atom. The molecule has 0 aliphatic heterocycles. The average Bonchev–Trinajstić information content (AvgIpc) is 3.02. The van der Waals surface area contributed by atoms with Gasteiger partial charge in [0.25, 0.3) is 5.91 Å². The Labute approximate surface area is 156 Å². The van der Waals surface area contributed by atoms with Crippen molar-refractivity contribution < 1.29 is 9.18 Å². The summed E-state index contributed by atoms with van der Waals surface area (Å²) < 4.78 is 14.7. The Kier molecular flexibility index (Phi) is 5.38. The minimum atomic E-state index is -0.315. The monoisotopic (exact) mass is 371 g/mol. The first-order valence-electron chi connectivity index (χ1n) is 8.36. The summed E-state index contributed by atoms with van der Waals surface area (Å²) in [5, 5.41) is 7.97. The Morgan fingerprint density at radius 1 is 1.19 bits per heavy atom. The van der Waals surface area contributed by atoms with E-state index >= 15 is 0 Å². The van der Waals surface area contributed by atoms with Gasteiger partial charge < -0.3 is 5.32 Å². The summed E-state index contributed by atoms with van der Waals surface area (Å²) in [4.78, 5) is 12.7. The SMILES string of the molecule is CCC(NC(=O)c1cnn(-c2ccc(F)cc2)c1C)c1ccc(Cl)cc1. The molecule has 0 saturated heterocycles. The lowest BCUT2D eigenvalue weighted by Crippen LogP contribution is -2.28. The van der Waals surface area contributed by atoms with Gasteiger partial charge in [-0.25, -0.2) is 9.07 Å². The number of carbonyl (C=O) groups is 1. The van der Waals surface area contributed by atoms with Gasteiger partial charge in [0.1, 0.15) is 5.82 Å². The zero-order chi connectivity index (χ0) is 18.7. The van der Waals surface area contributed by atoms with Crippen LogP contribution in [0.5, 0.6) is 0 Å². The van der Waals surface area contributed by atoms with Gasteiger partial charge in [-0.3, -0.25) is 4.79 Å². The van der Waals surface area contributed by atoms with E-state index in [0.717, 1.165) is 12.0 Å². The van der Waals surface area contributed by atoms with Gasteiger partial charge in [0.15, 0.2) is 0 Å². The summed E-state index contributed by atoms with van der Waals surface area (Å²) in [5.41, 5.74) is 2.88. The van der Waals surface area contributed by atoms with Crippen molar-refractivity contribution in [1.82, 2.24) is 15.1 Å². The molecule has 0 aliphatic carbocycles. The van der Waals surface area contributed by atoms with E-state index in [-0.39, 0.29) is 17.8 Å². The molecular formula is C20H19ClFN3O. The molecule has 1 atom stereocenters. The number of amides is 1. The maximum atomic E-state index is 13.1. The van der Waals surface area contributed by atoms with Gasteiger partial charge in [0, 0.05) is 5.02 Å². The fraction of sp³-hybridized carbons (Fsp3) is 0.200. The fourth-order valence-corrected chi connectivity index (χ4v) is 2.95. The van der Waals surface area contributed by atoms with Crippen molar-refractivity contribution >= 4 is 17.5 Å². The highest BCUT2D eigenvalue weighted by Gasteiger charge is 2.19. The van der Waals surface area contributed by atoms with E-state index in [2.05, 4.69) is 10.4 Å². The molecule has 0 fully saturated rings. The second-order valence-electron chi connectivity index (χ2n) is 6.02. The lowest BCUT2D eigenvalue weighted by molar-refractivity contribution is 0.0935. The number of carbonyl (C=O) groups excluding carboxylic acids is 1. The highest BCUT2D eigenvalue weighted by Crippen LogP contribution is 2.21. The number of hydrogen-bond acceptors (Lipinski definition) is 2. The van der Waals surface area contributed by atoms with Gasteiger partial charge in [-0.1, -0.05) is 30.7 Å². The third-order valence-electron chi connectivity index (χ3n) is 4.31. The molecule has 3 rings (SSSR count). The van der Waals surface area contributed by atoms with E-state index in [1.165, 1.54) is 18.3 Å². The summed E-state index contributed by atoms with van der Waals surface area (Å²) in [6.45, 7) is 3.82. The summed E-state index contributed by atoms with van der Waals surface area (Å²) in [6.07, 6.45) is 2.28. The quantitative estimate of drug-likeness (QED) is 0.696. The maximum absolute atomic E-state index is 13.1. The molecule has 6 heteroatoms. The molecule has 0 spiro atoms. The molecule has 1 amide bonds. The Bertz CT molecular complexity index is 904. The molecule has 0 aliphatic rings. The first-order valence-corrected chi connectivity index (χ1v) is 8.74. The molecule has 1 unspecified atom stereocenters. The zero-order valence-electron chi connectivity index (χ0n) is 14.5. The van der Waals surface area contributed by atoms with Crippen molar-refractivity contribution in [1.29, 1.82) is 0 Å². The molecule has 1 N–H and O–H groups in total. The van der Waals surface area contributed by atoms with Crippen molar-refractivity contribution in [2.45, 2.75) is 26.3 Å². The molecule has 4 nitrogen and oxygen atoms in total. The van der Waals surface area contributed by atoms with Crippen molar-refractivity contribution in [2.75, 3.05) is 0 Å². The molecule has 2 aromatic carbocycles. The topological polar surface area (TPSA) is 46.9 Å². The van der Waals surface area contributed by atoms with Crippen molar-refractivity contribution in [3.8, 4) is 5.69 Å². The maximum Gasteiger partial charge on any atom is 0.255 e. The van der Waals surface area contributed by atoms with Gasteiger partial charge in [0.05, 0.1) is 29.2 Å². The number of nitrogens with one attached hydrogen (secondary N) is 1. The predicted octanol–water partition coefficient (Wildman–Crippen LogP) is 4.85. The molecule has 1 aromatic heterocycles. The van der Waals surface area contributed by atoms with Crippen LogP contribution >= 0.6 is 11.6 Å². The van der Waals surface area contributed by atoms with Crippen LogP contribution in [0.1, 0.15) is 41.0 Å². The first-order chi connectivity index (χ1) is 12.5. The van der Waals surface area contributed by atoms with E-state index in [0.29, 0.717) is 22.0 Å². The molecular weight excluding hydrogens is 353 g/mol. The van der Waals surface area contributed by atoms with Crippen LogP contribution in [0.4, 0.5) is 4.39 Å². The van der Waals surface area contributed by atoms with Crippen LogP contribution in [-0.2, 0) is 0 Å². The van der Waals surface area contributed by atoms with Gasteiger partial charge >= 0.3 is 0 Å². The second kappa shape index (κ2) is 7.70. The highest BCUT2D eigenvalue weighted by molar-refractivity contribution is 6.30. The van der Waals surface area contributed by atoms with Crippen LogP contribution in [0.25, 0.3) is 5.69 Å².